The van der Waals surface area contributed by atoms with Gasteiger partial charge in [0, 0.05) is 74.7 Å². The highest BCUT2D eigenvalue weighted by atomic mass is 33.1. The summed E-state index contributed by atoms with van der Waals surface area (Å²) in [6, 6.07) is 0. The number of thioether (sulfide) groups is 2. The number of hydrogen-bond donors (Lipinski definition) is 0. The molecular formula is C14H20N6O6S4. The van der Waals surface area contributed by atoms with Gasteiger partial charge >= 0.3 is 12.2 Å². The molecule has 0 N–H and O–H groups in total. The molecule has 2 heterocycles. The van der Waals surface area contributed by atoms with Gasteiger partial charge in [0.25, 0.3) is 11.8 Å². The number of oxime groups is 2. The number of rotatable bonds is 5. The number of nitrogens with zero attached hydrogens (tertiary/aromatic N) is 6. The van der Waals surface area contributed by atoms with Gasteiger partial charge in [-0.05, 0) is 0 Å². The van der Waals surface area contributed by atoms with Crippen LogP contribution in [0.15, 0.2) is 10.3 Å². The Labute approximate surface area is 189 Å². The zero-order valence-electron chi connectivity index (χ0n) is 16.6. The first-order valence-corrected chi connectivity index (χ1v) is 12.4. The van der Waals surface area contributed by atoms with Gasteiger partial charge < -0.3 is 9.80 Å². The van der Waals surface area contributed by atoms with Crippen LogP contribution in [-0.4, -0.2) is 105 Å². The fourth-order valence-electron chi connectivity index (χ4n) is 1.78. The molecule has 0 aromatic rings. The number of carbonyl (C=O) groups is 4. The quantitative estimate of drug-likeness (QED) is 0.238. The normalized spacial score (nSPS) is 19.9. The van der Waals surface area contributed by atoms with Crippen LogP contribution in [0.3, 0.4) is 0 Å². The fourth-order valence-corrected chi connectivity index (χ4v) is 4.99. The molecule has 0 saturated carbocycles. The van der Waals surface area contributed by atoms with Gasteiger partial charge in [-0.25, -0.2) is 18.2 Å². The molecule has 0 atom stereocenters. The van der Waals surface area contributed by atoms with Crippen LogP contribution in [0.2, 0.25) is 0 Å². The van der Waals surface area contributed by atoms with Gasteiger partial charge in [-0.3, -0.25) is 19.3 Å². The lowest BCUT2D eigenvalue weighted by molar-refractivity contribution is -0.123. The van der Waals surface area contributed by atoms with Crippen molar-refractivity contribution in [2.24, 2.45) is 10.3 Å². The minimum absolute atomic E-state index is 0.101. The molecule has 0 spiro atoms. The zero-order chi connectivity index (χ0) is 22.3. The predicted molar refractivity (Wildman–Crippen MR) is 119 cm³/mol. The molecule has 0 aromatic heterocycles. The average molecular weight is 497 g/mol. The molecule has 166 valence electrons. The maximum absolute atomic E-state index is 12.0. The molecule has 2 saturated heterocycles. The van der Waals surface area contributed by atoms with Crippen LogP contribution in [0, 0.1) is 0 Å². The van der Waals surface area contributed by atoms with Crippen molar-refractivity contribution in [1.29, 1.82) is 0 Å². The van der Waals surface area contributed by atoms with Gasteiger partial charge in [0.1, 0.15) is 0 Å². The molecule has 0 aliphatic carbocycles. The fraction of sp³-hybridized carbons (Fsp3) is 0.571. The average Bonchev–Trinajstić information content (AvgIpc) is 2.73. The van der Waals surface area contributed by atoms with Crippen molar-refractivity contribution in [3.63, 3.8) is 0 Å². The lowest BCUT2D eigenvalue weighted by Crippen LogP contribution is -2.38. The summed E-state index contributed by atoms with van der Waals surface area (Å²) in [7, 11) is 7.84. The molecule has 0 bridgehead atoms. The van der Waals surface area contributed by atoms with Crippen LogP contribution in [0.5, 0.6) is 0 Å². The van der Waals surface area contributed by atoms with Crippen LogP contribution >= 0.6 is 45.5 Å². The second kappa shape index (κ2) is 11.6. The minimum Gasteiger partial charge on any atom is -0.339 e. The SMILES string of the molecule is CN1CCSC(=NOC(=O)N(C)SSN(C)C(=O)ON=C2SCCN(C)C2=O)C1=O. The van der Waals surface area contributed by atoms with E-state index in [1.165, 1.54) is 47.4 Å². The van der Waals surface area contributed by atoms with Crippen LogP contribution < -0.4 is 0 Å². The van der Waals surface area contributed by atoms with Crippen molar-refractivity contribution in [2.45, 2.75) is 0 Å². The van der Waals surface area contributed by atoms with E-state index in [1.54, 1.807) is 14.1 Å². The Morgan fingerprint density at radius 1 is 0.867 bits per heavy atom. The van der Waals surface area contributed by atoms with E-state index in [0.717, 1.165) is 30.6 Å². The first kappa shape index (κ1) is 24.5. The summed E-state index contributed by atoms with van der Waals surface area (Å²) in [5.74, 6) is 0.704. The van der Waals surface area contributed by atoms with Gasteiger partial charge in [-0.2, -0.15) is 0 Å². The predicted octanol–water partition coefficient (Wildman–Crippen LogP) is 1.37. The summed E-state index contributed by atoms with van der Waals surface area (Å²) in [4.78, 5) is 60.2. The van der Waals surface area contributed by atoms with E-state index in [2.05, 4.69) is 10.3 Å². The molecule has 30 heavy (non-hydrogen) atoms. The highest BCUT2D eigenvalue weighted by Crippen LogP contribution is 2.28. The van der Waals surface area contributed by atoms with E-state index >= 15 is 0 Å². The molecule has 16 heteroatoms. The van der Waals surface area contributed by atoms with Gasteiger partial charge in [0.05, 0.1) is 0 Å². The molecule has 0 aromatic carbocycles. The number of carbonyl (C=O) groups excluding carboxylic acids is 4. The Bertz CT molecular complexity index is 703. The first-order valence-electron chi connectivity index (χ1n) is 8.37. The van der Waals surface area contributed by atoms with Crippen molar-refractivity contribution in [3.8, 4) is 0 Å². The van der Waals surface area contributed by atoms with Crippen LogP contribution in [0.4, 0.5) is 9.59 Å². The third-order valence-electron chi connectivity index (χ3n) is 3.57. The molecule has 0 unspecified atom stereocenters. The van der Waals surface area contributed by atoms with E-state index in [4.69, 9.17) is 9.68 Å². The summed E-state index contributed by atoms with van der Waals surface area (Å²) in [5.41, 5.74) is 0. The molecule has 2 aliphatic rings. The Hall–Kier alpha value is -1.78. The second-order valence-corrected chi connectivity index (χ2v) is 10.3. The molecule has 12 nitrogen and oxygen atoms in total. The monoisotopic (exact) mass is 496 g/mol. The van der Waals surface area contributed by atoms with E-state index in [9.17, 15) is 19.2 Å². The number of amides is 4. The van der Waals surface area contributed by atoms with Crippen molar-refractivity contribution in [1.82, 2.24) is 18.4 Å². The van der Waals surface area contributed by atoms with Crippen LogP contribution in [0.1, 0.15) is 0 Å². The van der Waals surface area contributed by atoms with Crippen molar-refractivity contribution >= 4 is 79.6 Å². The molecule has 2 rings (SSSR count). The molecule has 2 aliphatic heterocycles. The smallest absolute Gasteiger partial charge is 0.339 e. The van der Waals surface area contributed by atoms with E-state index in [1.807, 2.05) is 0 Å². The van der Waals surface area contributed by atoms with Crippen LogP contribution in [-0.2, 0) is 19.3 Å². The first-order chi connectivity index (χ1) is 14.2. The minimum atomic E-state index is -0.823. The maximum Gasteiger partial charge on any atom is 0.446 e. The van der Waals surface area contributed by atoms with Gasteiger partial charge in [-0.15, -0.1) is 0 Å². The van der Waals surface area contributed by atoms with Gasteiger partial charge in [0.2, 0.25) is 10.1 Å². The molecular weight excluding hydrogens is 476 g/mol. The van der Waals surface area contributed by atoms with Crippen molar-refractivity contribution in [3.05, 3.63) is 0 Å². The lowest BCUT2D eigenvalue weighted by Gasteiger charge is -2.22. The summed E-state index contributed by atoms with van der Waals surface area (Å²) in [6.07, 6.45) is -1.65. The van der Waals surface area contributed by atoms with E-state index in [0.29, 0.717) is 24.6 Å². The third-order valence-corrected chi connectivity index (χ3v) is 7.75. The molecule has 4 amide bonds. The molecule has 2 fully saturated rings. The highest BCUT2D eigenvalue weighted by Gasteiger charge is 2.26. The van der Waals surface area contributed by atoms with E-state index < -0.39 is 12.2 Å². The maximum atomic E-state index is 12.0. The Kier molecular flexibility index (Phi) is 9.44. The Balaban J connectivity index is 1.77. The van der Waals surface area contributed by atoms with Gasteiger partial charge in [0.15, 0.2) is 0 Å². The largest absolute Gasteiger partial charge is 0.446 e. The highest BCUT2D eigenvalue weighted by molar-refractivity contribution is 8.75. The van der Waals surface area contributed by atoms with Crippen LogP contribution in [0.25, 0.3) is 0 Å². The van der Waals surface area contributed by atoms with Crippen molar-refractivity contribution < 1.29 is 28.9 Å². The van der Waals surface area contributed by atoms with Gasteiger partial charge in [-0.1, -0.05) is 33.8 Å². The third kappa shape index (κ3) is 6.88. The van der Waals surface area contributed by atoms with Crippen molar-refractivity contribution in [2.75, 3.05) is 52.8 Å². The summed E-state index contributed by atoms with van der Waals surface area (Å²) in [6.45, 7) is 1.20. The lowest BCUT2D eigenvalue weighted by atomic mass is 10.5. The van der Waals surface area contributed by atoms with E-state index in [-0.39, 0.29) is 21.9 Å². The number of hydrogen-bond acceptors (Lipinski definition) is 12. The standard InChI is InChI=1S/C14H20N6O6S4/c1-17-5-7-27-9(11(17)21)15-25-13(23)19(3)29-30-20(4)14(24)26-16-10-12(22)18(2)6-8-28-10/h5-8H2,1-4H3. The summed E-state index contributed by atoms with van der Waals surface area (Å²) in [5, 5.41) is 7.41. The summed E-state index contributed by atoms with van der Waals surface area (Å²) < 4.78 is 2.17. The topological polar surface area (TPSA) is 124 Å². The second-order valence-electron chi connectivity index (χ2n) is 5.80. The Morgan fingerprint density at radius 2 is 1.23 bits per heavy atom. The summed E-state index contributed by atoms with van der Waals surface area (Å²) >= 11 is 2.42. The zero-order valence-corrected chi connectivity index (χ0v) is 19.9. The molecule has 0 radical (unpaired) electrons. The Morgan fingerprint density at radius 3 is 1.60 bits per heavy atom.